The van der Waals surface area contributed by atoms with Crippen LogP contribution in [0.15, 0.2) is 41.3 Å². The summed E-state index contributed by atoms with van der Waals surface area (Å²) in [5, 5.41) is 1.13. The highest BCUT2D eigenvalue weighted by molar-refractivity contribution is 7.91. The molecule has 0 N–H and O–H groups in total. The summed E-state index contributed by atoms with van der Waals surface area (Å²) in [6.45, 7) is 3.27. The number of carbonyl (C=O) groups excluding carboxylic acids is 1. The number of nitrogens with zero attached hydrogens (tertiary/aromatic N) is 1. The molecular formula is C22H21ClFNO4S. The zero-order valence-corrected chi connectivity index (χ0v) is 18.3. The summed E-state index contributed by atoms with van der Waals surface area (Å²) >= 11 is 6.03. The molecule has 158 valence electrons. The zero-order chi connectivity index (χ0) is 21.8. The molecule has 0 saturated heterocycles. The van der Waals surface area contributed by atoms with E-state index in [1.54, 1.807) is 12.1 Å². The number of benzene rings is 2. The minimum atomic E-state index is -3.71. The second kappa shape index (κ2) is 7.39. The molecule has 30 heavy (non-hydrogen) atoms. The number of halogens is 2. The van der Waals surface area contributed by atoms with Crippen molar-refractivity contribution in [2.45, 2.75) is 43.7 Å². The van der Waals surface area contributed by atoms with E-state index in [-0.39, 0.29) is 10.9 Å². The van der Waals surface area contributed by atoms with Crippen LogP contribution in [-0.4, -0.2) is 25.2 Å². The van der Waals surface area contributed by atoms with E-state index in [4.69, 9.17) is 16.3 Å². The molecule has 1 aliphatic rings. The number of esters is 1. The number of carbonyl (C=O) groups is 1. The van der Waals surface area contributed by atoms with Crippen molar-refractivity contribution in [3.05, 3.63) is 64.1 Å². The molecule has 2 aromatic carbocycles. The Kier molecular flexibility index (Phi) is 5.14. The van der Waals surface area contributed by atoms with E-state index in [9.17, 15) is 17.6 Å². The molecule has 0 radical (unpaired) electrons. The van der Waals surface area contributed by atoms with E-state index in [1.807, 2.05) is 23.6 Å². The summed E-state index contributed by atoms with van der Waals surface area (Å²) in [5.41, 5.74) is 2.87. The van der Waals surface area contributed by atoms with Crippen LogP contribution in [0.3, 0.4) is 0 Å². The fourth-order valence-corrected chi connectivity index (χ4v) is 5.38. The first-order valence-corrected chi connectivity index (χ1v) is 11.8. The molecular weight excluding hydrogens is 429 g/mol. The molecule has 0 bridgehead atoms. The maximum absolute atomic E-state index is 14.4. The predicted octanol–water partition coefficient (Wildman–Crippen LogP) is 5.00. The predicted molar refractivity (Wildman–Crippen MR) is 113 cm³/mol. The molecule has 2 atom stereocenters. The van der Waals surface area contributed by atoms with Crippen LogP contribution in [0, 0.1) is 5.82 Å². The fourth-order valence-electron chi connectivity index (χ4n) is 4.37. The minimum absolute atomic E-state index is 0.0747. The highest BCUT2D eigenvalue weighted by Crippen LogP contribution is 2.45. The van der Waals surface area contributed by atoms with Gasteiger partial charge in [-0.1, -0.05) is 23.7 Å². The Balaban J connectivity index is 2.08. The molecule has 4 rings (SSSR count). The van der Waals surface area contributed by atoms with Crippen LogP contribution < -0.4 is 0 Å². The van der Waals surface area contributed by atoms with E-state index in [0.717, 1.165) is 29.1 Å². The monoisotopic (exact) mass is 449 g/mol. The number of fused-ring (bicyclic) bond motifs is 3. The second-order valence-electron chi connectivity index (χ2n) is 7.67. The maximum atomic E-state index is 14.4. The van der Waals surface area contributed by atoms with Crippen molar-refractivity contribution in [2.24, 2.45) is 0 Å². The van der Waals surface area contributed by atoms with Gasteiger partial charge >= 0.3 is 5.97 Å². The van der Waals surface area contributed by atoms with E-state index >= 15 is 0 Å². The van der Waals surface area contributed by atoms with Gasteiger partial charge in [-0.2, -0.15) is 0 Å². The van der Waals surface area contributed by atoms with Gasteiger partial charge in [0.1, 0.15) is 11.9 Å². The van der Waals surface area contributed by atoms with E-state index in [0.29, 0.717) is 28.8 Å². The average molecular weight is 450 g/mol. The van der Waals surface area contributed by atoms with Crippen LogP contribution in [0.25, 0.3) is 10.9 Å². The van der Waals surface area contributed by atoms with Crippen molar-refractivity contribution < 1.29 is 22.3 Å². The van der Waals surface area contributed by atoms with Crippen molar-refractivity contribution in [3.63, 3.8) is 0 Å². The zero-order valence-electron chi connectivity index (χ0n) is 16.8. The number of aromatic nitrogens is 1. The van der Waals surface area contributed by atoms with Gasteiger partial charge in [0, 0.05) is 23.6 Å². The number of hydrogen-bond donors (Lipinski definition) is 0. The van der Waals surface area contributed by atoms with Crippen LogP contribution in [0.1, 0.15) is 49.2 Å². The summed E-state index contributed by atoms with van der Waals surface area (Å²) in [6.07, 6.45) is 1.69. The fraction of sp³-hybridized carbons (Fsp3) is 0.318. The summed E-state index contributed by atoms with van der Waals surface area (Å²) < 4.78 is 46.9. The maximum Gasteiger partial charge on any atom is 0.303 e. The standard InChI is InChI=1S/C22H21ClFNO4S/c1-12(14-4-6-15(23)7-5-14)25-21-17(8-9-19(21)29-13(2)26)18-10-16(24)11-20(22(18)25)30(3,27)28/h4-7,10-12,19H,8-9H2,1-3H3/t12-,19+/m0/s1. The number of ether oxygens (including phenoxy) is 1. The van der Waals surface area contributed by atoms with Gasteiger partial charge < -0.3 is 9.30 Å². The Bertz CT molecular complexity index is 1260. The Morgan fingerprint density at radius 3 is 2.53 bits per heavy atom. The summed E-state index contributed by atoms with van der Waals surface area (Å²) in [4.78, 5) is 11.6. The smallest absolute Gasteiger partial charge is 0.303 e. The lowest BCUT2D eigenvalue weighted by molar-refractivity contribution is -0.146. The number of hydrogen-bond acceptors (Lipinski definition) is 4. The minimum Gasteiger partial charge on any atom is -0.456 e. The van der Waals surface area contributed by atoms with Crippen molar-refractivity contribution in [2.75, 3.05) is 6.26 Å². The SMILES string of the molecule is CC(=O)O[C@@H]1CCc2c1n([C@@H](C)c1ccc(Cl)cc1)c1c(S(C)(=O)=O)cc(F)cc21. The lowest BCUT2D eigenvalue weighted by atomic mass is 10.1. The highest BCUT2D eigenvalue weighted by Gasteiger charge is 2.36. The topological polar surface area (TPSA) is 65.4 Å². The molecule has 1 aromatic heterocycles. The number of sulfone groups is 1. The second-order valence-corrected chi connectivity index (χ2v) is 10.1. The van der Waals surface area contributed by atoms with Crippen molar-refractivity contribution >= 4 is 38.3 Å². The highest BCUT2D eigenvalue weighted by atomic mass is 35.5. The molecule has 5 nitrogen and oxygen atoms in total. The Morgan fingerprint density at radius 1 is 1.27 bits per heavy atom. The molecule has 8 heteroatoms. The van der Waals surface area contributed by atoms with Gasteiger partial charge in [-0.3, -0.25) is 4.79 Å². The van der Waals surface area contributed by atoms with Crippen molar-refractivity contribution in [1.82, 2.24) is 4.57 Å². The van der Waals surface area contributed by atoms with Gasteiger partial charge in [-0.05, 0) is 55.2 Å². The summed E-state index contributed by atoms with van der Waals surface area (Å²) in [7, 11) is -3.71. The van der Waals surface area contributed by atoms with E-state index in [2.05, 4.69) is 0 Å². The van der Waals surface area contributed by atoms with Crippen LogP contribution in [0.2, 0.25) is 5.02 Å². The van der Waals surface area contributed by atoms with E-state index < -0.39 is 27.7 Å². The van der Waals surface area contributed by atoms with Crippen LogP contribution in [0.4, 0.5) is 4.39 Å². The van der Waals surface area contributed by atoms with Crippen LogP contribution in [-0.2, 0) is 25.8 Å². The molecule has 0 amide bonds. The summed E-state index contributed by atoms with van der Waals surface area (Å²) in [5.74, 6) is -1.03. The normalized spacial score (nSPS) is 17.2. The summed E-state index contributed by atoms with van der Waals surface area (Å²) in [6, 6.07) is 9.38. The van der Waals surface area contributed by atoms with Gasteiger partial charge in [0.25, 0.3) is 0 Å². The Morgan fingerprint density at radius 2 is 1.93 bits per heavy atom. The van der Waals surface area contributed by atoms with Gasteiger partial charge in [-0.15, -0.1) is 0 Å². The van der Waals surface area contributed by atoms with Gasteiger partial charge in [0.15, 0.2) is 9.84 Å². The van der Waals surface area contributed by atoms with Crippen LogP contribution in [0.5, 0.6) is 0 Å². The third-order valence-corrected chi connectivity index (χ3v) is 6.95. The first-order chi connectivity index (χ1) is 14.1. The van der Waals surface area contributed by atoms with Crippen molar-refractivity contribution in [1.29, 1.82) is 0 Å². The Labute approximate surface area is 179 Å². The van der Waals surface area contributed by atoms with Gasteiger partial charge in [-0.25, -0.2) is 12.8 Å². The molecule has 1 aliphatic carbocycles. The molecule has 0 spiro atoms. The van der Waals surface area contributed by atoms with Crippen LogP contribution >= 0.6 is 11.6 Å². The lowest BCUT2D eigenvalue weighted by Gasteiger charge is -2.23. The van der Waals surface area contributed by atoms with Gasteiger partial charge in [0.2, 0.25) is 0 Å². The third kappa shape index (κ3) is 3.50. The third-order valence-electron chi connectivity index (χ3n) is 5.58. The average Bonchev–Trinajstić information content (AvgIpc) is 3.18. The largest absolute Gasteiger partial charge is 0.456 e. The molecule has 0 fully saturated rings. The Hall–Kier alpha value is -2.38. The quantitative estimate of drug-likeness (QED) is 0.526. The molecule has 0 aliphatic heterocycles. The molecule has 0 unspecified atom stereocenters. The first kappa shape index (κ1) is 20.9. The van der Waals surface area contributed by atoms with Gasteiger partial charge in [0.05, 0.1) is 22.1 Å². The first-order valence-electron chi connectivity index (χ1n) is 9.57. The van der Waals surface area contributed by atoms with Crippen molar-refractivity contribution in [3.8, 4) is 0 Å². The molecule has 1 heterocycles. The number of rotatable bonds is 4. The van der Waals surface area contributed by atoms with E-state index in [1.165, 1.54) is 13.0 Å². The number of aryl methyl sites for hydroxylation is 1. The molecule has 0 saturated carbocycles. The molecule has 3 aromatic rings. The lowest BCUT2D eigenvalue weighted by Crippen LogP contribution is -2.16.